The first-order valence-corrected chi connectivity index (χ1v) is 5.70. The van der Waals surface area contributed by atoms with Gasteiger partial charge in [-0.1, -0.05) is 0 Å². The molecule has 1 aromatic rings. The molecule has 0 aliphatic carbocycles. The SMILES string of the molecule is Cc1cc(C(F)(F)F)cc2c1NS(=O)(=O)N2. The third-order valence-electron chi connectivity index (χ3n) is 2.14. The summed E-state index contributed by atoms with van der Waals surface area (Å²) in [6, 6.07) is 1.66. The molecule has 2 N–H and O–H groups in total. The Morgan fingerprint density at radius 1 is 1.19 bits per heavy atom. The van der Waals surface area contributed by atoms with Crippen LogP contribution >= 0.6 is 0 Å². The number of alkyl halides is 3. The molecule has 88 valence electrons. The van der Waals surface area contributed by atoms with Gasteiger partial charge in [0.2, 0.25) is 0 Å². The van der Waals surface area contributed by atoms with Gasteiger partial charge in [-0.15, -0.1) is 0 Å². The number of nitrogens with one attached hydrogen (secondary N) is 2. The first-order valence-electron chi connectivity index (χ1n) is 4.21. The van der Waals surface area contributed by atoms with Crippen molar-refractivity contribution in [3.63, 3.8) is 0 Å². The van der Waals surface area contributed by atoms with Crippen molar-refractivity contribution in [2.45, 2.75) is 13.1 Å². The summed E-state index contributed by atoms with van der Waals surface area (Å²) in [7, 11) is -3.76. The molecule has 0 aromatic heterocycles. The summed E-state index contributed by atoms with van der Waals surface area (Å²) in [5.74, 6) is 0. The Morgan fingerprint density at radius 3 is 2.38 bits per heavy atom. The van der Waals surface area contributed by atoms with E-state index in [1.54, 1.807) is 0 Å². The molecule has 1 aliphatic rings. The zero-order valence-corrected chi connectivity index (χ0v) is 8.83. The first-order chi connectivity index (χ1) is 7.19. The van der Waals surface area contributed by atoms with E-state index < -0.39 is 21.9 Å². The van der Waals surface area contributed by atoms with Gasteiger partial charge in [0, 0.05) is 0 Å². The normalized spacial score (nSPS) is 17.5. The van der Waals surface area contributed by atoms with E-state index in [4.69, 9.17) is 0 Å². The summed E-state index contributed by atoms with van der Waals surface area (Å²) in [6.45, 7) is 1.41. The molecule has 2 rings (SSSR count). The number of anilines is 2. The zero-order valence-electron chi connectivity index (χ0n) is 8.01. The molecule has 0 bridgehead atoms. The Morgan fingerprint density at radius 2 is 1.81 bits per heavy atom. The molecule has 0 atom stereocenters. The highest BCUT2D eigenvalue weighted by Gasteiger charge is 2.34. The van der Waals surface area contributed by atoms with E-state index in [0.29, 0.717) is 0 Å². The van der Waals surface area contributed by atoms with Gasteiger partial charge >= 0.3 is 16.4 Å². The Hall–Kier alpha value is -1.44. The van der Waals surface area contributed by atoms with E-state index in [1.807, 2.05) is 4.72 Å². The largest absolute Gasteiger partial charge is 0.416 e. The van der Waals surface area contributed by atoms with Crippen molar-refractivity contribution in [2.24, 2.45) is 0 Å². The molecule has 1 aliphatic heterocycles. The summed E-state index contributed by atoms with van der Waals surface area (Å²) in [6.07, 6.45) is -4.49. The van der Waals surface area contributed by atoms with Crippen LogP contribution in [0.1, 0.15) is 11.1 Å². The topological polar surface area (TPSA) is 58.2 Å². The van der Waals surface area contributed by atoms with Gasteiger partial charge in [-0.25, -0.2) is 0 Å². The van der Waals surface area contributed by atoms with E-state index in [9.17, 15) is 21.6 Å². The van der Waals surface area contributed by atoms with Crippen molar-refractivity contribution in [2.75, 3.05) is 9.44 Å². The number of benzene rings is 1. The van der Waals surface area contributed by atoms with Crippen LogP contribution < -0.4 is 9.44 Å². The summed E-state index contributed by atoms with van der Waals surface area (Å²) in [4.78, 5) is 0. The molecule has 4 nitrogen and oxygen atoms in total. The number of halogens is 3. The van der Waals surface area contributed by atoms with Crippen LogP contribution in [0.3, 0.4) is 0 Å². The zero-order chi connectivity index (χ0) is 12.1. The lowest BCUT2D eigenvalue weighted by Crippen LogP contribution is -2.13. The quantitative estimate of drug-likeness (QED) is 0.742. The van der Waals surface area contributed by atoms with Crippen LogP contribution in [0.2, 0.25) is 0 Å². The van der Waals surface area contributed by atoms with Crippen molar-refractivity contribution in [3.05, 3.63) is 23.3 Å². The molecule has 0 fully saturated rings. The molecule has 16 heavy (non-hydrogen) atoms. The lowest BCUT2D eigenvalue weighted by Gasteiger charge is -2.09. The highest BCUT2D eigenvalue weighted by Crippen LogP contribution is 2.39. The van der Waals surface area contributed by atoms with Gasteiger partial charge in [0.25, 0.3) is 0 Å². The Bertz CT molecular complexity index is 551. The third-order valence-corrected chi connectivity index (χ3v) is 3.11. The van der Waals surface area contributed by atoms with Gasteiger partial charge in [0.05, 0.1) is 16.9 Å². The van der Waals surface area contributed by atoms with Crippen molar-refractivity contribution < 1.29 is 21.6 Å². The average molecular weight is 252 g/mol. The van der Waals surface area contributed by atoms with Gasteiger partial charge in [0.15, 0.2) is 0 Å². The number of fused-ring (bicyclic) bond motifs is 1. The van der Waals surface area contributed by atoms with Crippen molar-refractivity contribution in [1.82, 2.24) is 0 Å². The molecule has 0 amide bonds. The smallest absolute Gasteiger partial charge is 0.265 e. The van der Waals surface area contributed by atoms with Crippen LogP contribution in [-0.2, 0) is 16.4 Å². The van der Waals surface area contributed by atoms with Crippen molar-refractivity contribution in [1.29, 1.82) is 0 Å². The fraction of sp³-hybridized carbons (Fsp3) is 0.250. The maximum absolute atomic E-state index is 12.4. The molecular weight excluding hydrogens is 245 g/mol. The van der Waals surface area contributed by atoms with Gasteiger partial charge in [-0.3, -0.25) is 9.44 Å². The second-order valence-electron chi connectivity index (χ2n) is 3.42. The third kappa shape index (κ3) is 1.80. The summed E-state index contributed by atoms with van der Waals surface area (Å²) in [5, 5.41) is 0. The fourth-order valence-corrected chi connectivity index (χ4v) is 2.51. The van der Waals surface area contributed by atoms with Crippen molar-refractivity contribution in [3.8, 4) is 0 Å². The van der Waals surface area contributed by atoms with Crippen LogP contribution in [0, 0.1) is 6.92 Å². The first kappa shape index (κ1) is 11.1. The van der Waals surface area contributed by atoms with E-state index in [1.165, 1.54) is 6.92 Å². The van der Waals surface area contributed by atoms with Gasteiger partial charge in [0.1, 0.15) is 0 Å². The standard InChI is InChI=1S/C8H7F3N2O2S/c1-4-2-5(8(9,10)11)3-6-7(4)13-16(14,15)12-6/h2-3,12-13H,1H3. The highest BCUT2D eigenvalue weighted by atomic mass is 32.2. The fourth-order valence-electron chi connectivity index (χ4n) is 1.47. The summed E-state index contributed by atoms with van der Waals surface area (Å²) >= 11 is 0. The Balaban J connectivity index is 2.59. The second-order valence-corrected chi connectivity index (χ2v) is 4.84. The molecule has 0 spiro atoms. The minimum absolute atomic E-state index is 0.0766. The molecule has 1 heterocycles. The molecular formula is C8H7F3N2O2S. The van der Waals surface area contributed by atoms with Gasteiger partial charge < -0.3 is 0 Å². The Kier molecular flexibility index (Phi) is 2.10. The molecule has 0 saturated carbocycles. The molecule has 8 heteroatoms. The van der Waals surface area contributed by atoms with Crippen LogP contribution in [-0.4, -0.2) is 8.42 Å². The highest BCUT2D eigenvalue weighted by molar-refractivity contribution is 7.94. The monoisotopic (exact) mass is 252 g/mol. The molecule has 0 radical (unpaired) electrons. The predicted octanol–water partition coefficient (Wildman–Crippen LogP) is 2.10. The molecule has 1 aromatic carbocycles. The number of rotatable bonds is 0. The van der Waals surface area contributed by atoms with Crippen LogP contribution in [0.25, 0.3) is 0 Å². The molecule has 0 unspecified atom stereocenters. The maximum atomic E-state index is 12.4. The minimum atomic E-state index is -4.49. The van der Waals surface area contributed by atoms with Crippen LogP contribution in [0.4, 0.5) is 24.5 Å². The summed E-state index contributed by atoms with van der Waals surface area (Å²) in [5.41, 5.74) is -0.575. The predicted molar refractivity (Wildman–Crippen MR) is 52.3 cm³/mol. The number of hydrogen-bond acceptors (Lipinski definition) is 2. The lowest BCUT2D eigenvalue weighted by molar-refractivity contribution is -0.137. The maximum Gasteiger partial charge on any atom is 0.416 e. The second kappa shape index (κ2) is 3.03. The van der Waals surface area contributed by atoms with Crippen molar-refractivity contribution >= 4 is 21.6 Å². The van der Waals surface area contributed by atoms with Gasteiger partial charge in [-0.2, -0.15) is 21.6 Å². The van der Waals surface area contributed by atoms with E-state index in [2.05, 4.69) is 4.72 Å². The molecule has 0 saturated heterocycles. The van der Waals surface area contributed by atoms with Crippen LogP contribution in [0.15, 0.2) is 12.1 Å². The summed E-state index contributed by atoms with van der Waals surface area (Å²) < 4.78 is 63.6. The number of aryl methyl sites for hydroxylation is 1. The average Bonchev–Trinajstić information content (AvgIpc) is 2.38. The van der Waals surface area contributed by atoms with Gasteiger partial charge in [-0.05, 0) is 24.6 Å². The van der Waals surface area contributed by atoms with E-state index >= 15 is 0 Å². The lowest BCUT2D eigenvalue weighted by atomic mass is 10.1. The van der Waals surface area contributed by atoms with Crippen LogP contribution in [0.5, 0.6) is 0 Å². The minimum Gasteiger partial charge on any atom is -0.265 e. The Labute approximate surface area is 89.6 Å². The van der Waals surface area contributed by atoms with E-state index in [0.717, 1.165) is 12.1 Å². The van der Waals surface area contributed by atoms with E-state index in [-0.39, 0.29) is 16.9 Å². The number of hydrogen-bond donors (Lipinski definition) is 2.